The molecular formula is C14H22N2O2. The van der Waals surface area contributed by atoms with Gasteiger partial charge < -0.3 is 14.8 Å². The molecule has 1 aromatic heterocycles. The summed E-state index contributed by atoms with van der Waals surface area (Å²) in [6, 6.07) is 2.47. The first-order valence-corrected chi connectivity index (χ1v) is 6.59. The molecule has 0 saturated heterocycles. The van der Waals surface area contributed by atoms with E-state index in [0.29, 0.717) is 6.04 Å². The third-order valence-electron chi connectivity index (χ3n) is 3.48. The van der Waals surface area contributed by atoms with Crippen molar-refractivity contribution in [2.24, 2.45) is 5.92 Å². The molecule has 1 aromatic rings. The van der Waals surface area contributed by atoms with Gasteiger partial charge in [-0.2, -0.15) is 0 Å². The van der Waals surface area contributed by atoms with Crippen molar-refractivity contribution in [3.63, 3.8) is 0 Å². The summed E-state index contributed by atoms with van der Waals surface area (Å²) in [5.41, 5.74) is 0.916. The first-order chi connectivity index (χ1) is 8.80. The maximum Gasteiger partial charge on any atom is 0.183 e. The van der Waals surface area contributed by atoms with Gasteiger partial charge in [-0.15, -0.1) is 0 Å². The van der Waals surface area contributed by atoms with Gasteiger partial charge >= 0.3 is 0 Å². The molecule has 0 spiro atoms. The van der Waals surface area contributed by atoms with Crippen LogP contribution in [-0.2, 0) is 6.54 Å². The second-order valence-electron chi connectivity index (χ2n) is 4.77. The highest BCUT2D eigenvalue weighted by Crippen LogP contribution is 2.35. The maximum atomic E-state index is 5.37. The van der Waals surface area contributed by atoms with E-state index < -0.39 is 0 Å². The minimum Gasteiger partial charge on any atom is -0.493 e. The average molecular weight is 250 g/mol. The summed E-state index contributed by atoms with van der Waals surface area (Å²) in [5, 5.41) is 3.54. The van der Waals surface area contributed by atoms with Gasteiger partial charge in [0.05, 0.1) is 19.9 Å². The summed E-state index contributed by atoms with van der Waals surface area (Å²) in [7, 11) is 3.30. The normalized spacial score (nSPS) is 21.7. The van der Waals surface area contributed by atoms with Crippen molar-refractivity contribution in [1.29, 1.82) is 0 Å². The Balaban J connectivity index is 1.93. The molecule has 0 radical (unpaired) electrons. The molecule has 1 aliphatic carbocycles. The Bertz CT molecular complexity index is 395. The molecule has 2 unspecified atom stereocenters. The molecule has 2 atom stereocenters. The van der Waals surface area contributed by atoms with E-state index in [2.05, 4.69) is 17.2 Å². The molecule has 0 bridgehead atoms. The number of ether oxygens (including phenoxy) is 2. The van der Waals surface area contributed by atoms with Crippen LogP contribution in [0.4, 0.5) is 0 Å². The molecule has 18 heavy (non-hydrogen) atoms. The van der Waals surface area contributed by atoms with E-state index in [9.17, 15) is 0 Å². The Kier molecular flexibility index (Phi) is 4.42. The van der Waals surface area contributed by atoms with Gasteiger partial charge in [-0.1, -0.05) is 13.3 Å². The number of hydrogen-bond acceptors (Lipinski definition) is 4. The second-order valence-corrected chi connectivity index (χ2v) is 4.77. The fraction of sp³-hybridized carbons (Fsp3) is 0.643. The van der Waals surface area contributed by atoms with Crippen molar-refractivity contribution in [1.82, 2.24) is 10.3 Å². The van der Waals surface area contributed by atoms with Crippen LogP contribution in [0.3, 0.4) is 0 Å². The van der Waals surface area contributed by atoms with Crippen LogP contribution in [0, 0.1) is 5.92 Å². The molecule has 1 aliphatic rings. The van der Waals surface area contributed by atoms with Gasteiger partial charge in [-0.25, -0.2) is 0 Å². The standard InChI is InChI=1S/C14H22N2O2/c1-4-5-10-8-11(10)16-9-12-14(18-3)13(17-2)6-7-15-12/h6-7,10-11,16H,4-5,8-9H2,1-3H3. The fourth-order valence-corrected chi connectivity index (χ4v) is 2.39. The number of hydrogen-bond donors (Lipinski definition) is 1. The average Bonchev–Trinajstić information content (AvgIpc) is 3.14. The molecule has 100 valence electrons. The van der Waals surface area contributed by atoms with Gasteiger partial charge in [-0.3, -0.25) is 4.98 Å². The lowest BCUT2D eigenvalue weighted by Crippen LogP contribution is -2.19. The number of methoxy groups -OCH3 is 2. The van der Waals surface area contributed by atoms with Gasteiger partial charge in [-0.05, 0) is 18.8 Å². The summed E-state index contributed by atoms with van der Waals surface area (Å²) in [5.74, 6) is 2.33. The van der Waals surface area contributed by atoms with Crippen molar-refractivity contribution in [3.05, 3.63) is 18.0 Å². The second kappa shape index (κ2) is 6.05. The lowest BCUT2D eigenvalue weighted by atomic mass is 10.2. The lowest BCUT2D eigenvalue weighted by Gasteiger charge is -2.12. The highest BCUT2D eigenvalue weighted by molar-refractivity contribution is 5.42. The van der Waals surface area contributed by atoms with Crippen LogP contribution < -0.4 is 14.8 Å². The number of nitrogens with one attached hydrogen (secondary N) is 1. The van der Waals surface area contributed by atoms with Crippen LogP contribution in [0.1, 0.15) is 31.9 Å². The van der Waals surface area contributed by atoms with Gasteiger partial charge in [0.1, 0.15) is 0 Å². The van der Waals surface area contributed by atoms with Crippen molar-refractivity contribution in [3.8, 4) is 11.5 Å². The summed E-state index contributed by atoms with van der Waals surface area (Å²) < 4.78 is 10.6. The van der Waals surface area contributed by atoms with E-state index in [-0.39, 0.29) is 0 Å². The molecule has 4 heteroatoms. The van der Waals surface area contributed by atoms with Crippen molar-refractivity contribution in [2.45, 2.75) is 38.8 Å². The minimum absolute atomic E-state index is 0.655. The summed E-state index contributed by atoms with van der Waals surface area (Å²) in [6.45, 7) is 2.98. The number of pyridine rings is 1. The molecule has 2 rings (SSSR count). The van der Waals surface area contributed by atoms with Crippen LogP contribution >= 0.6 is 0 Å². The smallest absolute Gasteiger partial charge is 0.183 e. The highest BCUT2D eigenvalue weighted by Gasteiger charge is 2.35. The molecule has 1 heterocycles. The summed E-state index contributed by atoms with van der Waals surface area (Å²) in [4.78, 5) is 4.36. The molecule has 1 N–H and O–H groups in total. The fourth-order valence-electron chi connectivity index (χ4n) is 2.39. The van der Waals surface area contributed by atoms with Crippen LogP contribution in [-0.4, -0.2) is 25.2 Å². The zero-order valence-corrected chi connectivity index (χ0v) is 11.4. The van der Waals surface area contributed by atoms with Gasteiger partial charge in [0.15, 0.2) is 11.5 Å². The molecule has 1 saturated carbocycles. The number of aromatic nitrogens is 1. The van der Waals surface area contributed by atoms with E-state index in [1.807, 2.05) is 6.07 Å². The summed E-state index contributed by atoms with van der Waals surface area (Å²) >= 11 is 0. The topological polar surface area (TPSA) is 43.4 Å². The Labute approximate surface area is 109 Å². The molecule has 1 fully saturated rings. The highest BCUT2D eigenvalue weighted by atomic mass is 16.5. The van der Waals surface area contributed by atoms with Gasteiger partial charge in [0, 0.05) is 24.8 Å². The van der Waals surface area contributed by atoms with E-state index >= 15 is 0 Å². The monoisotopic (exact) mass is 250 g/mol. The van der Waals surface area contributed by atoms with E-state index in [1.54, 1.807) is 20.4 Å². The summed E-state index contributed by atoms with van der Waals surface area (Å²) in [6.07, 6.45) is 5.64. The van der Waals surface area contributed by atoms with Crippen molar-refractivity contribution < 1.29 is 9.47 Å². The third kappa shape index (κ3) is 2.93. The number of nitrogens with zero attached hydrogens (tertiary/aromatic N) is 1. The van der Waals surface area contributed by atoms with Crippen LogP contribution in [0.25, 0.3) is 0 Å². The quantitative estimate of drug-likeness (QED) is 0.807. The molecular weight excluding hydrogens is 228 g/mol. The van der Waals surface area contributed by atoms with E-state index in [4.69, 9.17) is 9.47 Å². The van der Waals surface area contributed by atoms with Crippen molar-refractivity contribution in [2.75, 3.05) is 14.2 Å². The predicted octanol–water partition coefficient (Wildman–Crippen LogP) is 2.38. The minimum atomic E-state index is 0.655. The maximum absolute atomic E-state index is 5.37. The third-order valence-corrected chi connectivity index (χ3v) is 3.48. The van der Waals surface area contributed by atoms with Crippen molar-refractivity contribution >= 4 is 0 Å². The largest absolute Gasteiger partial charge is 0.493 e. The molecule has 0 aliphatic heterocycles. The van der Waals surface area contributed by atoms with Crippen LogP contribution in [0.2, 0.25) is 0 Å². The zero-order valence-electron chi connectivity index (χ0n) is 11.4. The predicted molar refractivity (Wildman–Crippen MR) is 71.0 cm³/mol. The number of rotatable bonds is 7. The Morgan fingerprint density at radius 3 is 2.89 bits per heavy atom. The van der Waals surface area contributed by atoms with E-state index in [1.165, 1.54) is 19.3 Å². The van der Waals surface area contributed by atoms with Gasteiger partial charge in [0.2, 0.25) is 0 Å². The van der Waals surface area contributed by atoms with Crippen LogP contribution in [0.15, 0.2) is 12.3 Å². The van der Waals surface area contributed by atoms with Crippen LogP contribution in [0.5, 0.6) is 11.5 Å². The van der Waals surface area contributed by atoms with Gasteiger partial charge in [0.25, 0.3) is 0 Å². The SMILES string of the molecule is CCCC1CC1NCc1nccc(OC)c1OC. The first-order valence-electron chi connectivity index (χ1n) is 6.59. The Morgan fingerprint density at radius 1 is 1.39 bits per heavy atom. The lowest BCUT2D eigenvalue weighted by molar-refractivity contribution is 0.348. The zero-order chi connectivity index (χ0) is 13.0. The molecule has 0 aromatic carbocycles. The Hall–Kier alpha value is -1.29. The molecule has 0 amide bonds. The first kappa shape index (κ1) is 13.1. The van der Waals surface area contributed by atoms with E-state index in [0.717, 1.165) is 29.7 Å². The molecule has 4 nitrogen and oxygen atoms in total. The Morgan fingerprint density at radius 2 is 2.22 bits per heavy atom.